The quantitative estimate of drug-likeness (QED) is 0.781. The lowest BCUT2D eigenvalue weighted by molar-refractivity contribution is 0.0950. The molecule has 0 saturated heterocycles. The molecule has 0 bridgehead atoms. The van der Waals surface area contributed by atoms with Gasteiger partial charge < -0.3 is 9.84 Å². The molecule has 0 radical (unpaired) electrons. The van der Waals surface area contributed by atoms with E-state index in [9.17, 15) is 9.18 Å². The number of nitrogens with zero attached hydrogens (tertiary/aromatic N) is 2. The lowest BCUT2D eigenvalue weighted by Gasteiger charge is -2.07. The molecular weight excluding hydrogens is 333 g/mol. The van der Waals surface area contributed by atoms with Crippen LogP contribution in [0.3, 0.4) is 0 Å². The number of benzene rings is 1. The van der Waals surface area contributed by atoms with E-state index in [2.05, 4.69) is 15.5 Å². The third-order valence-electron chi connectivity index (χ3n) is 3.49. The minimum Gasteiger partial charge on any atom is -0.360 e. The SMILES string of the molecule is Cc1onc(-c2c(F)cccc2Cl)c1C(=O)NCc1ccncc1. The summed E-state index contributed by atoms with van der Waals surface area (Å²) in [7, 11) is 0. The summed E-state index contributed by atoms with van der Waals surface area (Å²) in [5.74, 6) is -0.699. The van der Waals surface area contributed by atoms with Gasteiger partial charge in [-0.15, -0.1) is 0 Å². The molecule has 5 nitrogen and oxygen atoms in total. The van der Waals surface area contributed by atoms with Gasteiger partial charge in [-0.1, -0.05) is 22.8 Å². The maximum Gasteiger partial charge on any atom is 0.257 e. The molecule has 7 heteroatoms. The second kappa shape index (κ2) is 6.80. The van der Waals surface area contributed by atoms with Crippen LogP contribution in [0, 0.1) is 12.7 Å². The number of rotatable bonds is 4. The zero-order chi connectivity index (χ0) is 17.1. The first-order chi connectivity index (χ1) is 11.6. The molecule has 0 aliphatic rings. The standard InChI is InChI=1S/C17H13ClFN3O2/c1-10-14(17(23)21-9-11-5-7-20-8-6-11)16(22-24-10)15-12(18)3-2-4-13(15)19/h2-8H,9H2,1H3,(H,21,23). The van der Waals surface area contributed by atoms with Crippen molar-refractivity contribution >= 4 is 17.5 Å². The highest BCUT2D eigenvalue weighted by Gasteiger charge is 2.25. The van der Waals surface area contributed by atoms with Gasteiger partial charge in [0.05, 0.1) is 10.6 Å². The highest BCUT2D eigenvalue weighted by Crippen LogP contribution is 2.33. The van der Waals surface area contributed by atoms with Gasteiger partial charge in [-0.3, -0.25) is 9.78 Å². The van der Waals surface area contributed by atoms with Gasteiger partial charge in [0.1, 0.15) is 22.8 Å². The fourth-order valence-electron chi connectivity index (χ4n) is 2.31. The molecule has 0 atom stereocenters. The molecule has 0 aliphatic heterocycles. The number of halogens is 2. The first-order valence-electron chi connectivity index (χ1n) is 7.15. The van der Waals surface area contributed by atoms with Crippen molar-refractivity contribution in [3.63, 3.8) is 0 Å². The zero-order valence-electron chi connectivity index (χ0n) is 12.7. The Hall–Kier alpha value is -2.73. The van der Waals surface area contributed by atoms with Crippen LogP contribution in [0.2, 0.25) is 5.02 Å². The summed E-state index contributed by atoms with van der Waals surface area (Å²) in [6.07, 6.45) is 3.27. The van der Waals surface area contributed by atoms with Crippen LogP contribution >= 0.6 is 11.6 Å². The molecule has 0 unspecified atom stereocenters. The smallest absolute Gasteiger partial charge is 0.257 e. The minimum absolute atomic E-state index is 0.0464. The number of pyridine rings is 1. The first kappa shape index (κ1) is 16.1. The maximum absolute atomic E-state index is 14.1. The van der Waals surface area contributed by atoms with Crippen LogP contribution in [-0.4, -0.2) is 16.0 Å². The summed E-state index contributed by atoms with van der Waals surface area (Å²) in [5, 5.41) is 6.73. The molecule has 1 aromatic carbocycles. The van der Waals surface area contributed by atoms with Gasteiger partial charge in [-0.25, -0.2) is 4.39 Å². The van der Waals surface area contributed by atoms with Gasteiger partial charge in [0.2, 0.25) is 0 Å². The number of amides is 1. The second-order valence-corrected chi connectivity index (χ2v) is 5.50. The Labute approximate surface area is 142 Å². The molecule has 2 heterocycles. The van der Waals surface area contributed by atoms with Crippen molar-refractivity contribution in [3.05, 3.63) is 70.5 Å². The van der Waals surface area contributed by atoms with Crippen molar-refractivity contribution in [2.75, 3.05) is 0 Å². The average Bonchev–Trinajstić information content (AvgIpc) is 2.95. The summed E-state index contributed by atoms with van der Waals surface area (Å²) in [6, 6.07) is 7.84. The van der Waals surface area contributed by atoms with E-state index in [1.165, 1.54) is 18.2 Å². The normalized spacial score (nSPS) is 10.6. The Balaban J connectivity index is 1.91. The highest BCUT2D eigenvalue weighted by molar-refractivity contribution is 6.33. The monoisotopic (exact) mass is 345 g/mol. The molecule has 0 saturated carbocycles. The number of aromatic nitrogens is 2. The van der Waals surface area contributed by atoms with E-state index in [1.807, 2.05) is 0 Å². The number of carbonyl (C=O) groups is 1. The van der Waals surface area contributed by atoms with E-state index in [4.69, 9.17) is 16.1 Å². The summed E-state index contributed by atoms with van der Waals surface area (Å²) >= 11 is 6.06. The highest BCUT2D eigenvalue weighted by atomic mass is 35.5. The largest absolute Gasteiger partial charge is 0.360 e. The van der Waals surface area contributed by atoms with E-state index < -0.39 is 11.7 Å². The van der Waals surface area contributed by atoms with Gasteiger partial charge in [0.25, 0.3) is 5.91 Å². The molecule has 1 N–H and O–H groups in total. The van der Waals surface area contributed by atoms with Crippen LogP contribution in [0.1, 0.15) is 21.7 Å². The van der Waals surface area contributed by atoms with Crippen LogP contribution in [0.15, 0.2) is 47.2 Å². The van der Waals surface area contributed by atoms with Crippen LogP contribution < -0.4 is 5.32 Å². The van der Waals surface area contributed by atoms with Crippen LogP contribution in [0.5, 0.6) is 0 Å². The molecule has 3 rings (SSSR count). The summed E-state index contributed by atoms with van der Waals surface area (Å²) < 4.78 is 19.2. The van der Waals surface area contributed by atoms with Gasteiger partial charge in [0, 0.05) is 18.9 Å². The summed E-state index contributed by atoms with van der Waals surface area (Å²) in [5.41, 5.74) is 1.18. The van der Waals surface area contributed by atoms with E-state index in [0.717, 1.165) is 5.56 Å². The maximum atomic E-state index is 14.1. The van der Waals surface area contributed by atoms with E-state index in [0.29, 0.717) is 6.54 Å². The number of aryl methyl sites for hydroxylation is 1. The van der Waals surface area contributed by atoms with Gasteiger partial charge >= 0.3 is 0 Å². The molecule has 3 aromatic rings. The Morgan fingerprint density at radius 2 is 2.04 bits per heavy atom. The Kier molecular flexibility index (Phi) is 4.57. The molecule has 0 spiro atoms. The summed E-state index contributed by atoms with van der Waals surface area (Å²) in [4.78, 5) is 16.4. The number of hydrogen-bond acceptors (Lipinski definition) is 4. The van der Waals surface area contributed by atoms with Crippen molar-refractivity contribution in [3.8, 4) is 11.3 Å². The Morgan fingerprint density at radius 3 is 2.75 bits per heavy atom. The van der Waals surface area contributed by atoms with Crippen molar-refractivity contribution in [1.29, 1.82) is 0 Å². The van der Waals surface area contributed by atoms with Crippen molar-refractivity contribution in [2.24, 2.45) is 0 Å². The van der Waals surface area contributed by atoms with Gasteiger partial charge in [-0.05, 0) is 36.8 Å². The van der Waals surface area contributed by atoms with E-state index in [-0.39, 0.29) is 27.6 Å². The molecule has 2 aromatic heterocycles. The van der Waals surface area contributed by atoms with Gasteiger partial charge in [0.15, 0.2) is 0 Å². The van der Waals surface area contributed by atoms with Crippen LogP contribution in [0.4, 0.5) is 4.39 Å². The number of nitrogens with one attached hydrogen (secondary N) is 1. The Morgan fingerprint density at radius 1 is 1.29 bits per heavy atom. The van der Waals surface area contributed by atoms with Crippen molar-refractivity contribution in [1.82, 2.24) is 15.5 Å². The third kappa shape index (κ3) is 3.14. The fraction of sp³-hybridized carbons (Fsp3) is 0.118. The fourth-order valence-corrected chi connectivity index (χ4v) is 2.56. The zero-order valence-corrected chi connectivity index (χ0v) is 13.5. The lowest BCUT2D eigenvalue weighted by Crippen LogP contribution is -2.23. The predicted molar refractivity (Wildman–Crippen MR) is 87.1 cm³/mol. The van der Waals surface area contributed by atoms with Crippen LogP contribution in [0.25, 0.3) is 11.3 Å². The minimum atomic E-state index is -0.570. The van der Waals surface area contributed by atoms with Crippen LogP contribution in [-0.2, 0) is 6.54 Å². The summed E-state index contributed by atoms with van der Waals surface area (Å²) in [6.45, 7) is 1.89. The molecule has 122 valence electrons. The number of hydrogen-bond donors (Lipinski definition) is 1. The first-order valence-corrected chi connectivity index (χ1v) is 7.53. The number of carbonyl (C=O) groups excluding carboxylic acids is 1. The molecular formula is C17H13ClFN3O2. The Bertz CT molecular complexity index is 861. The van der Waals surface area contributed by atoms with E-state index in [1.54, 1.807) is 31.5 Å². The third-order valence-corrected chi connectivity index (χ3v) is 3.81. The molecule has 1 amide bonds. The average molecular weight is 346 g/mol. The van der Waals surface area contributed by atoms with E-state index >= 15 is 0 Å². The predicted octanol–water partition coefficient (Wildman–Crippen LogP) is 3.77. The molecule has 24 heavy (non-hydrogen) atoms. The molecule has 0 fully saturated rings. The molecule has 0 aliphatic carbocycles. The second-order valence-electron chi connectivity index (χ2n) is 5.10. The van der Waals surface area contributed by atoms with Crippen molar-refractivity contribution in [2.45, 2.75) is 13.5 Å². The topological polar surface area (TPSA) is 68.0 Å². The van der Waals surface area contributed by atoms with Gasteiger partial charge in [-0.2, -0.15) is 0 Å². The lowest BCUT2D eigenvalue weighted by atomic mass is 10.0. The van der Waals surface area contributed by atoms with Crippen molar-refractivity contribution < 1.29 is 13.7 Å².